The summed E-state index contributed by atoms with van der Waals surface area (Å²) in [5.41, 5.74) is 0. The fraction of sp³-hybridized carbons (Fsp3) is 0.385. The van der Waals surface area contributed by atoms with Gasteiger partial charge in [-0.25, -0.2) is 18.4 Å². The van der Waals surface area contributed by atoms with Crippen LogP contribution in [-0.4, -0.2) is 40.9 Å². The SMILES string of the molecule is CCNc1ccc(S(=O)(=O)N(C)Cc2nccn2C)cn1. The molecule has 0 aliphatic rings. The van der Waals surface area contributed by atoms with E-state index in [1.165, 1.54) is 17.5 Å². The molecule has 0 fully saturated rings. The molecule has 0 atom stereocenters. The van der Waals surface area contributed by atoms with Crippen LogP contribution in [0.4, 0.5) is 5.82 Å². The molecule has 0 aliphatic heterocycles. The van der Waals surface area contributed by atoms with Crippen molar-refractivity contribution in [2.24, 2.45) is 7.05 Å². The number of imidazole rings is 1. The summed E-state index contributed by atoms with van der Waals surface area (Å²) in [7, 11) is -0.215. The Morgan fingerprint density at radius 1 is 1.33 bits per heavy atom. The van der Waals surface area contributed by atoms with Crippen molar-refractivity contribution in [3.8, 4) is 0 Å². The highest BCUT2D eigenvalue weighted by atomic mass is 32.2. The average Bonchev–Trinajstić information content (AvgIpc) is 2.85. The van der Waals surface area contributed by atoms with Crippen molar-refractivity contribution < 1.29 is 8.42 Å². The number of pyridine rings is 1. The van der Waals surface area contributed by atoms with Gasteiger partial charge in [-0.3, -0.25) is 0 Å². The average molecular weight is 309 g/mol. The van der Waals surface area contributed by atoms with Gasteiger partial charge in [-0.05, 0) is 19.1 Å². The molecule has 0 saturated carbocycles. The maximum absolute atomic E-state index is 12.5. The second-order valence-electron chi connectivity index (χ2n) is 4.62. The first kappa shape index (κ1) is 15.5. The Kier molecular flexibility index (Phi) is 4.59. The van der Waals surface area contributed by atoms with E-state index in [1.54, 1.807) is 29.1 Å². The van der Waals surface area contributed by atoms with Crippen LogP contribution in [0.1, 0.15) is 12.7 Å². The molecule has 0 unspecified atom stereocenters. The van der Waals surface area contributed by atoms with Gasteiger partial charge in [0.2, 0.25) is 10.0 Å². The Bertz CT molecular complexity index is 694. The second kappa shape index (κ2) is 6.23. The maximum atomic E-state index is 12.5. The Hall–Kier alpha value is -1.93. The molecular formula is C13H19N5O2S. The molecule has 2 rings (SSSR count). The van der Waals surface area contributed by atoms with Crippen molar-refractivity contribution in [3.05, 3.63) is 36.5 Å². The van der Waals surface area contributed by atoms with E-state index in [0.717, 1.165) is 6.54 Å². The molecule has 2 aromatic rings. The van der Waals surface area contributed by atoms with E-state index in [4.69, 9.17) is 0 Å². The maximum Gasteiger partial charge on any atom is 0.244 e. The summed E-state index contributed by atoms with van der Waals surface area (Å²) in [5, 5.41) is 3.03. The third kappa shape index (κ3) is 3.40. The Morgan fingerprint density at radius 3 is 2.62 bits per heavy atom. The third-order valence-electron chi connectivity index (χ3n) is 3.09. The predicted octanol–water partition coefficient (Wildman–Crippen LogP) is 1.07. The molecule has 1 N–H and O–H groups in total. The monoisotopic (exact) mass is 309 g/mol. The van der Waals surface area contributed by atoms with Gasteiger partial charge in [0.25, 0.3) is 0 Å². The molecular weight excluding hydrogens is 290 g/mol. The van der Waals surface area contributed by atoms with Gasteiger partial charge in [-0.15, -0.1) is 0 Å². The van der Waals surface area contributed by atoms with Crippen molar-refractivity contribution in [3.63, 3.8) is 0 Å². The van der Waals surface area contributed by atoms with E-state index in [2.05, 4.69) is 15.3 Å². The van der Waals surface area contributed by atoms with Crippen LogP contribution >= 0.6 is 0 Å². The fourth-order valence-corrected chi connectivity index (χ4v) is 2.90. The first-order valence-corrected chi connectivity index (χ1v) is 8.01. The van der Waals surface area contributed by atoms with Crippen LogP contribution in [-0.2, 0) is 23.6 Å². The highest BCUT2D eigenvalue weighted by molar-refractivity contribution is 7.89. The molecule has 21 heavy (non-hydrogen) atoms. The number of hydrogen-bond donors (Lipinski definition) is 1. The summed E-state index contributed by atoms with van der Waals surface area (Å²) < 4.78 is 28.0. The number of sulfonamides is 1. The summed E-state index contributed by atoms with van der Waals surface area (Å²) in [6, 6.07) is 3.21. The van der Waals surface area contributed by atoms with Crippen LogP contribution in [0.2, 0.25) is 0 Å². The van der Waals surface area contributed by atoms with Gasteiger partial charge in [0, 0.05) is 39.2 Å². The smallest absolute Gasteiger partial charge is 0.244 e. The molecule has 2 aromatic heterocycles. The van der Waals surface area contributed by atoms with E-state index in [0.29, 0.717) is 11.6 Å². The number of hydrogen-bond acceptors (Lipinski definition) is 5. The van der Waals surface area contributed by atoms with Crippen LogP contribution in [0, 0.1) is 0 Å². The van der Waals surface area contributed by atoms with Crippen molar-refractivity contribution in [1.29, 1.82) is 0 Å². The molecule has 0 radical (unpaired) electrons. The number of anilines is 1. The van der Waals surface area contributed by atoms with Gasteiger partial charge < -0.3 is 9.88 Å². The molecule has 0 spiro atoms. The molecule has 0 aromatic carbocycles. The first-order valence-electron chi connectivity index (χ1n) is 6.57. The topological polar surface area (TPSA) is 80.1 Å². The summed E-state index contributed by atoms with van der Waals surface area (Å²) in [6.07, 6.45) is 4.79. The van der Waals surface area contributed by atoms with E-state index in [-0.39, 0.29) is 11.4 Å². The third-order valence-corrected chi connectivity index (χ3v) is 4.87. The van der Waals surface area contributed by atoms with Gasteiger partial charge in [-0.1, -0.05) is 0 Å². The molecule has 8 heteroatoms. The van der Waals surface area contributed by atoms with Crippen molar-refractivity contribution in [2.45, 2.75) is 18.4 Å². The lowest BCUT2D eigenvalue weighted by atomic mass is 10.4. The number of nitrogens with zero attached hydrogens (tertiary/aromatic N) is 4. The van der Waals surface area contributed by atoms with Crippen LogP contribution < -0.4 is 5.32 Å². The molecule has 114 valence electrons. The van der Waals surface area contributed by atoms with Gasteiger partial charge >= 0.3 is 0 Å². The first-order chi connectivity index (χ1) is 9.95. The molecule has 0 saturated heterocycles. The van der Waals surface area contributed by atoms with Crippen molar-refractivity contribution in [2.75, 3.05) is 18.9 Å². The molecule has 0 aliphatic carbocycles. The number of nitrogens with one attached hydrogen (secondary N) is 1. The zero-order chi connectivity index (χ0) is 15.5. The molecule has 0 bridgehead atoms. The lowest BCUT2D eigenvalue weighted by Crippen LogP contribution is -2.27. The van der Waals surface area contributed by atoms with E-state index in [9.17, 15) is 8.42 Å². The lowest BCUT2D eigenvalue weighted by molar-refractivity contribution is 0.451. The van der Waals surface area contributed by atoms with Crippen LogP contribution in [0.3, 0.4) is 0 Å². The van der Waals surface area contributed by atoms with Crippen LogP contribution in [0.15, 0.2) is 35.6 Å². The predicted molar refractivity (Wildman–Crippen MR) is 80.3 cm³/mol. The van der Waals surface area contributed by atoms with Crippen molar-refractivity contribution >= 4 is 15.8 Å². The van der Waals surface area contributed by atoms with E-state index >= 15 is 0 Å². The minimum absolute atomic E-state index is 0.167. The fourth-order valence-electron chi connectivity index (χ4n) is 1.83. The summed E-state index contributed by atoms with van der Waals surface area (Å²) in [6.45, 7) is 2.89. The highest BCUT2D eigenvalue weighted by Crippen LogP contribution is 2.16. The highest BCUT2D eigenvalue weighted by Gasteiger charge is 2.22. The summed E-state index contributed by atoms with van der Waals surface area (Å²) in [4.78, 5) is 8.39. The minimum Gasteiger partial charge on any atom is -0.370 e. The Balaban J connectivity index is 2.18. The number of aromatic nitrogens is 3. The molecule has 7 nitrogen and oxygen atoms in total. The largest absolute Gasteiger partial charge is 0.370 e. The second-order valence-corrected chi connectivity index (χ2v) is 6.67. The minimum atomic E-state index is -3.57. The van der Waals surface area contributed by atoms with Gasteiger partial charge in [-0.2, -0.15) is 4.31 Å². The molecule has 0 amide bonds. The number of rotatable bonds is 6. The van der Waals surface area contributed by atoms with Crippen LogP contribution in [0.25, 0.3) is 0 Å². The zero-order valence-corrected chi connectivity index (χ0v) is 13.1. The van der Waals surface area contributed by atoms with E-state index < -0.39 is 10.0 Å². The van der Waals surface area contributed by atoms with E-state index in [1.807, 2.05) is 14.0 Å². The van der Waals surface area contributed by atoms with Crippen LogP contribution in [0.5, 0.6) is 0 Å². The Morgan fingerprint density at radius 2 is 2.10 bits per heavy atom. The standard InChI is InChI=1S/C13H19N5O2S/c1-4-14-12-6-5-11(9-16-12)21(19,20)18(3)10-13-15-7-8-17(13)2/h5-9H,4,10H2,1-3H3,(H,14,16). The summed E-state index contributed by atoms with van der Waals surface area (Å²) in [5.74, 6) is 1.33. The van der Waals surface area contributed by atoms with Crippen molar-refractivity contribution in [1.82, 2.24) is 18.8 Å². The lowest BCUT2D eigenvalue weighted by Gasteiger charge is -2.17. The quantitative estimate of drug-likeness (QED) is 0.863. The normalized spacial score (nSPS) is 11.8. The number of aryl methyl sites for hydroxylation is 1. The van der Waals surface area contributed by atoms with Gasteiger partial charge in [0.05, 0.1) is 6.54 Å². The van der Waals surface area contributed by atoms with Gasteiger partial charge in [0.1, 0.15) is 16.5 Å². The Labute approximate surface area is 124 Å². The summed E-state index contributed by atoms with van der Waals surface area (Å²) >= 11 is 0. The zero-order valence-electron chi connectivity index (χ0n) is 12.3. The molecule has 2 heterocycles. The van der Waals surface area contributed by atoms with Gasteiger partial charge in [0.15, 0.2) is 0 Å².